The lowest BCUT2D eigenvalue weighted by molar-refractivity contribution is -0.141. The molecule has 0 aliphatic rings. The maximum atomic E-state index is 12.2. The first-order chi connectivity index (χ1) is 13.3. The Morgan fingerprint density at radius 2 is 1.96 bits per heavy atom. The van der Waals surface area contributed by atoms with Gasteiger partial charge in [-0.05, 0) is 37.3 Å². The van der Waals surface area contributed by atoms with Crippen molar-refractivity contribution in [2.45, 2.75) is 19.1 Å². The summed E-state index contributed by atoms with van der Waals surface area (Å²) in [5.74, 6) is -1.59. The van der Waals surface area contributed by atoms with Crippen molar-refractivity contribution in [3.8, 4) is 11.5 Å². The highest BCUT2D eigenvalue weighted by Crippen LogP contribution is 2.20. The van der Waals surface area contributed by atoms with Gasteiger partial charge in [-0.25, -0.2) is 9.78 Å². The molecule has 0 fully saturated rings. The number of nitrogen functional groups attached to an aromatic ring is 1. The molecule has 1 aromatic carbocycles. The number of aromatic amines is 1. The van der Waals surface area contributed by atoms with E-state index >= 15 is 0 Å². The van der Waals surface area contributed by atoms with E-state index in [4.69, 9.17) is 16.2 Å². The Morgan fingerprint density at radius 1 is 1.25 bits per heavy atom. The molecular weight excluding hydrogens is 364 g/mol. The van der Waals surface area contributed by atoms with E-state index in [1.54, 1.807) is 24.3 Å². The van der Waals surface area contributed by atoms with Crippen LogP contribution in [0.3, 0.4) is 0 Å². The first-order valence-corrected chi connectivity index (χ1v) is 8.28. The van der Waals surface area contributed by atoms with Crippen LogP contribution < -0.4 is 11.1 Å². The lowest BCUT2D eigenvalue weighted by Gasteiger charge is -2.16. The number of carboxylic acid groups (broad SMARTS) is 1. The van der Waals surface area contributed by atoms with Crippen molar-refractivity contribution in [2.75, 3.05) is 0 Å². The summed E-state index contributed by atoms with van der Waals surface area (Å²) in [6.07, 6.45) is 0.0453. The smallest absolute Gasteiger partial charge is 0.328 e. The first-order valence-electron chi connectivity index (χ1n) is 8.28. The zero-order chi connectivity index (χ0) is 20.4. The van der Waals surface area contributed by atoms with E-state index in [0.29, 0.717) is 22.6 Å². The van der Waals surface area contributed by atoms with Gasteiger partial charge in [-0.3, -0.25) is 15.2 Å². The number of aliphatic carboxylic acids is 1. The predicted molar refractivity (Wildman–Crippen MR) is 101 cm³/mol. The fraction of sp³-hybridized carbons (Fsp3) is 0.167. The van der Waals surface area contributed by atoms with Gasteiger partial charge in [0, 0.05) is 11.8 Å². The van der Waals surface area contributed by atoms with Gasteiger partial charge in [-0.1, -0.05) is 0 Å². The molecule has 2 aromatic heterocycles. The molecule has 10 heteroatoms. The zero-order valence-electron chi connectivity index (χ0n) is 14.8. The summed E-state index contributed by atoms with van der Waals surface area (Å²) < 4.78 is 0. The lowest BCUT2D eigenvalue weighted by Crippen LogP contribution is -2.47. The van der Waals surface area contributed by atoms with Crippen molar-refractivity contribution in [3.05, 3.63) is 47.7 Å². The molecule has 0 saturated carbocycles. The quantitative estimate of drug-likeness (QED) is 0.265. The summed E-state index contributed by atoms with van der Waals surface area (Å²) in [6.45, 7) is 1.28. The van der Waals surface area contributed by atoms with Gasteiger partial charge in [-0.15, -0.1) is 0 Å². The van der Waals surface area contributed by atoms with Crippen LogP contribution in [0.4, 0.5) is 0 Å². The largest absolute Gasteiger partial charge is 0.480 e. The number of amides is 1. The summed E-state index contributed by atoms with van der Waals surface area (Å²) >= 11 is 0. The molecule has 2 atom stereocenters. The molecule has 144 valence electrons. The van der Waals surface area contributed by atoms with Gasteiger partial charge in [-0.2, -0.15) is 0 Å². The van der Waals surface area contributed by atoms with Crippen LogP contribution in [-0.4, -0.2) is 55.0 Å². The second-order valence-electron chi connectivity index (χ2n) is 6.19. The SMILES string of the molecule is C[C@H](O)C(NC(=O)c1ccc(-c2nc3cc(C(=N)N)ccc3[nH]2)nc1)C(=O)O. The lowest BCUT2D eigenvalue weighted by atomic mass is 10.1. The molecule has 0 radical (unpaired) electrons. The topological polar surface area (TPSA) is 178 Å². The van der Waals surface area contributed by atoms with Crippen LogP contribution in [0.25, 0.3) is 22.6 Å². The van der Waals surface area contributed by atoms with Gasteiger partial charge in [0.05, 0.1) is 22.7 Å². The number of nitrogens with two attached hydrogens (primary N) is 1. The van der Waals surface area contributed by atoms with E-state index in [1.807, 2.05) is 0 Å². The number of hydrogen-bond donors (Lipinski definition) is 6. The summed E-state index contributed by atoms with van der Waals surface area (Å²) in [4.78, 5) is 34.9. The standard InChI is InChI=1S/C18H18N6O4/c1-8(25)14(18(27)28)24-17(26)10-3-5-12(21-7-10)16-22-11-4-2-9(15(19)20)6-13(11)23-16/h2-8,14,25H,1H3,(H3,19,20)(H,22,23)(H,24,26)(H,27,28)/t8-,14?/m0/s1. The molecule has 28 heavy (non-hydrogen) atoms. The first kappa shape index (κ1) is 19.0. The monoisotopic (exact) mass is 382 g/mol. The highest BCUT2D eigenvalue weighted by molar-refractivity contribution is 5.98. The highest BCUT2D eigenvalue weighted by Gasteiger charge is 2.25. The van der Waals surface area contributed by atoms with Crippen LogP contribution >= 0.6 is 0 Å². The third-order valence-corrected chi connectivity index (χ3v) is 4.10. The molecule has 0 aliphatic heterocycles. The van der Waals surface area contributed by atoms with Gasteiger partial charge in [0.2, 0.25) is 0 Å². The average Bonchev–Trinajstić information content (AvgIpc) is 3.08. The molecule has 3 rings (SSSR count). The fourth-order valence-electron chi connectivity index (χ4n) is 2.58. The number of nitrogens with one attached hydrogen (secondary N) is 3. The van der Waals surface area contributed by atoms with Gasteiger partial charge >= 0.3 is 5.97 Å². The Hall–Kier alpha value is -3.79. The Labute approximate surface area is 158 Å². The Kier molecular flexibility index (Phi) is 5.05. The molecule has 0 aliphatic carbocycles. The van der Waals surface area contributed by atoms with Gasteiger partial charge < -0.3 is 26.2 Å². The number of pyridine rings is 1. The number of aromatic nitrogens is 3. The van der Waals surface area contributed by atoms with Crippen LogP contribution in [0.1, 0.15) is 22.8 Å². The number of hydrogen-bond acceptors (Lipinski definition) is 6. The molecule has 0 bridgehead atoms. The minimum absolute atomic E-state index is 0.0585. The van der Waals surface area contributed by atoms with Gasteiger partial charge in [0.25, 0.3) is 5.91 Å². The molecule has 10 nitrogen and oxygen atoms in total. The average molecular weight is 382 g/mol. The van der Waals surface area contributed by atoms with E-state index < -0.39 is 24.0 Å². The second-order valence-corrected chi connectivity index (χ2v) is 6.19. The molecule has 7 N–H and O–H groups in total. The summed E-state index contributed by atoms with van der Waals surface area (Å²) in [5.41, 5.74) is 8.01. The minimum Gasteiger partial charge on any atom is -0.480 e. The normalized spacial score (nSPS) is 13.1. The molecule has 1 unspecified atom stereocenters. The van der Waals surface area contributed by atoms with E-state index in [-0.39, 0.29) is 11.4 Å². The van der Waals surface area contributed by atoms with E-state index in [2.05, 4.69) is 20.3 Å². The third kappa shape index (κ3) is 3.81. The van der Waals surface area contributed by atoms with Crippen molar-refractivity contribution < 1.29 is 19.8 Å². The van der Waals surface area contributed by atoms with Crippen molar-refractivity contribution in [3.63, 3.8) is 0 Å². The summed E-state index contributed by atoms with van der Waals surface area (Å²) in [7, 11) is 0. The summed E-state index contributed by atoms with van der Waals surface area (Å²) in [5, 5.41) is 28.2. The number of carbonyl (C=O) groups excluding carboxylic acids is 1. The van der Waals surface area contributed by atoms with Gasteiger partial charge in [0.1, 0.15) is 11.5 Å². The number of benzene rings is 1. The second kappa shape index (κ2) is 7.45. The van der Waals surface area contributed by atoms with E-state index in [0.717, 1.165) is 5.52 Å². The van der Waals surface area contributed by atoms with E-state index in [1.165, 1.54) is 19.2 Å². The van der Waals surface area contributed by atoms with Gasteiger partial charge in [0.15, 0.2) is 11.9 Å². The molecule has 2 heterocycles. The van der Waals surface area contributed by atoms with Crippen molar-refractivity contribution in [1.82, 2.24) is 20.3 Å². The number of carboxylic acids is 1. The molecular formula is C18H18N6O4. The third-order valence-electron chi connectivity index (χ3n) is 4.10. The van der Waals surface area contributed by atoms with Crippen LogP contribution in [0, 0.1) is 5.41 Å². The predicted octanol–water partition coefficient (Wildman–Crippen LogP) is 0.473. The molecule has 0 spiro atoms. The zero-order valence-corrected chi connectivity index (χ0v) is 14.8. The molecule has 3 aromatic rings. The van der Waals surface area contributed by atoms with Crippen molar-refractivity contribution in [1.29, 1.82) is 5.41 Å². The number of amidine groups is 1. The van der Waals surface area contributed by atoms with Crippen LogP contribution in [0.5, 0.6) is 0 Å². The number of H-pyrrole nitrogens is 1. The number of nitrogens with zero attached hydrogens (tertiary/aromatic N) is 2. The Bertz CT molecular complexity index is 1060. The Morgan fingerprint density at radius 3 is 2.54 bits per heavy atom. The number of aliphatic hydroxyl groups is 1. The maximum absolute atomic E-state index is 12.2. The number of imidazole rings is 1. The van der Waals surface area contributed by atoms with Crippen LogP contribution in [0.2, 0.25) is 0 Å². The maximum Gasteiger partial charge on any atom is 0.328 e. The minimum atomic E-state index is -1.42. The fourth-order valence-corrected chi connectivity index (χ4v) is 2.58. The van der Waals surface area contributed by atoms with Crippen LogP contribution in [0.15, 0.2) is 36.5 Å². The summed E-state index contributed by atoms with van der Waals surface area (Å²) in [6, 6.07) is 6.77. The molecule has 0 saturated heterocycles. The highest BCUT2D eigenvalue weighted by atomic mass is 16.4. The number of aliphatic hydroxyl groups excluding tert-OH is 1. The number of carbonyl (C=O) groups is 2. The molecule has 1 amide bonds. The number of fused-ring (bicyclic) bond motifs is 1. The Balaban J connectivity index is 1.82. The van der Waals surface area contributed by atoms with Crippen LogP contribution in [-0.2, 0) is 4.79 Å². The van der Waals surface area contributed by atoms with Crippen molar-refractivity contribution >= 4 is 28.7 Å². The van der Waals surface area contributed by atoms with E-state index in [9.17, 15) is 14.7 Å². The van der Waals surface area contributed by atoms with Crippen molar-refractivity contribution in [2.24, 2.45) is 5.73 Å². The number of rotatable bonds is 6.